The van der Waals surface area contributed by atoms with Gasteiger partial charge in [0.15, 0.2) is 28.1 Å². The van der Waals surface area contributed by atoms with Gasteiger partial charge < -0.3 is 13.9 Å². The number of nitrogens with one attached hydrogen (secondary N) is 1. The molecular formula is C25H18FIN4O4S. The second-order valence-corrected chi connectivity index (χ2v) is 9.66. The number of amidine groups is 2. The molecule has 0 saturated heterocycles. The molecule has 2 aliphatic heterocycles. The maximum atomic E-state index is 14.0. The highest BCUT2D eigenvalue weighted by molar-refractivity contribution is 14.1. The fraction of sp³-hybridized carbons (Fsp3) is 0.120. The number of carbonyl (C=O) groups is 1. The van der Waals surface area contributed by atoms with Crippen molar-refractivity contribution in [2.24, 2.45) is 10.1 Å². The van der Waals surface area contributed by atoms with E-state index in [1.165, 1.54) is 29.1 Å². The van der Waals surface area contributed by atoms with Crippen LogP contribution in [0.15, 0.2) is 74.9 Å². The first-order valence-corrected chi connectivity index (χ1v) is 12.7. The Balaban J connectivity index is 1.44. The lowest BCUT2D eigenvalue weighted by molar-refractivity contribution is -0.114. The second-order valence-electron chi connectivity index (χ2n) is 7.55. The first-order chi connectivity index (χ1) is 17.4. The average Bonchev–Trinajstić information content (AvgIpc) is 3.53. The first kappa shape index (κ1) is 24.3. The maximum Gasteiger partial charge on any atom is 0.283 e. The maximum absolute atomic E-state index is 14.0. The van der Waals surface area contributed by atoms with E-state index in [0.29, 0.717) is 48.8 Å². The van der Waals surface area contributed by atoms with Crippen molar-refractivity contribution in [3.8, 4) is 11.5 Å². The fourth-order valence-electron chi connectivity index (χ4n) is 3.50. The summed E-state index contributed by atoms with van der Waals surface area (Å²) in [6.45, 7) is 2.26. The summed E-state index contributed by atoms with van der Waals surface area (Å²) in [7, 11) is 0. The third-order valence-electron chi connectivity index (χ3n) is 5.16. The number of rotatable bonds is 7. The summed E-state index contributed by atoms with van der Waals surface area (Å²) in [4.78, 5) is 16.9. The summed E-state index contributed by atoms with van der Waals surface area (Å²) in [6.07, 6.45) is 3.10. The lowest BCUT2D eigenvalue weighted by Crippen LogP contribution is -2.35. The molecule has 3 aromatic rings. The number of hydrogen-bond acceptors (Lipinski definition) is 7. The van der Waals surface area contributed by atoms with E-state index in [4.69, 9.17) is 19.3 Å². The van der Waals surface area contributed by atoms with Crippen molar-refractivity contribution in [3.05, 3.63) is 86.6 Å². The Morgan fingerprint density at radius 3 is 2.81 bits per heavy atom. The van der Waals surface area contributed by atoms with E-state index >= 15 is 0 Å². The van der Waals surface area contributed by atoms with E-state index in [9.17, 15) is 9.18 Å². The van der Waals surface area contributed by atoms with Crippen molar-refractivity contribution in [3.63, 3.8) is 0 Å². The Bertz CT molecular complexity index is 1450. The number of ether oxygens (including phenoxy) is 2. The van der Waals surface area contributed by atoms with Crippen molar-refractivity contribution in [2.45, 2.75) is 13.5 Å². The van der Waals surface area contributed by atoms with Gasteiger partial charge in [-0.15, -0.1) is 0 Å². The van der Waals surface area contributed by atoms with Crippen LogP contribution in [0.1, 0.15) is 23.8 Å². The van der Waals surface area contributed by atoms with Crippen molar-refractivity contribution in [1.82, 2.24) is 5.01 Å². The minimum Gasteiger partial charge on any atom is -0.490 e. The van der Waals surface area contributed by atoms with Gasteiger partial charge in [0.2, 0.25) is 5.17 Å². The van der Waals surface area contributed by atoms with Gasteiger partial charge in [-0.3, -0.25) is 10.2 Å². The lowest BCUT2D eigenvalue weighted by atomic mass is 10.1. The molecular weight excluding hydrogens is 598 g/mol. The Kier molecular flexibility index (Phi) is 6.92. The molecule has 1 amide bonds. The van der Waals surface area contributed by atoms with Crippen LogP contribution in [0, 0.1) is 14.8 Å². The Hall–Kier alpha value is -3.45. The van der Waals surface area contributed by atoms with Gasteiger partial charge in [0.1, 0.15) is 12.4 Å². The molecule has 1 aromatic heterocycles. The largest absolute Gasteiger partial charge is 0.490 e. The Morgan fingerprint density at radius 2 is 2.06 bits per heavy atom. The molecule has 11 heteroatoms. The van der Waals surface area contributed by atoms with E-state index in [0.717, 1.165) is 0 Å². The predicted octanol–water partition coefficient (Wildman–Crippen LogP) is 5.67. The van der Waals surface area contributed by atoms with Crippen LogP contribution in [-0.2, 0) is 11.4 Å². The lowest BCUT2D eigenvalue weighted by Gasteiger charge is -2.20. The van der Waals surface area contributed by atoms with Crippen LogP contribution >= 0.6 is 34.4 Å². The van der Waals surface area contributed by atoms with Crippen LogP contribution < -0.4 is 9.47 Å². The van der Waals surface area contributed by atoms with Crippen molar-refractivity contribution < 1.29 is 23.1 Å². The standard InChI is InChI=1S/C25H18FIN4O4S/c1-2-33-20-12-14(11-18(27)21(20)35-13-15-6-3-4-7-17(15)26)10-16-22(28)31-25(29-23(16)32)36-24(30-31)19-8-5-9-34-19/h3-12,28H,2,13H2,1H3. The normalized spacial score (nSPS) is 16.2. The van der Waals surface area contributed by atoms with E-state index < -0.39 is 5.91 Å². The first-order valence-electron chi connectivity index (χ1n) is 10.8. The van der Waals surface area contributed by atoms with Crippen LogP contribution in [0.3, 0.4) is 0 Å². The SMILES string of the molecule is CCOc1cc(C=C2C(=N)N3N=C(c4ccco4)SC3=NC2=O)cc(I)c1OCc1ccccc1F. The zero-order valence-electron chi connectivity index (χ0n) is 18.8. The number of hydrogen-bond donors (Lipinski definition) is 1. The zero-order valence-corrected chi connectivity index (χ0v) is 21.8. The number of aliphatic imine (C=N–C) groups is 1. The molecule has 3 heterocycles. The van der Waals surface area contributed by atoms with Gasteiger partial charge in [-0.25, -0.2) is 4.39 Å². The summed E-state index contributed by atoms with van der Waals surface area (Å²) in [6, 6.07) is 13.4. The van der Waals surface area contributed by atoms with Gasteiger partial charge in [0, 0.05) is 5.56 Å². The van der Waals surface area contributed by atoms with Gasteiger partial charge in [0.25, 0.3) is 5.91 Å². The number of halogens is 2. The molecule has 1 N–H and O–H groups in total. The molecule has 0 saturated carbocycles. The van der Waals surface area contributed by atoms with E-state index in [-0.39, 0.29) is 23.8 Å². The van der Waals surface area contributed by atoms with Gasteiger partial charge in [-0.1, -0.05) is 18.2 Å². The third kappa shape index (κ3) is 4.80. The van der Waals surface area contributed by atoms with E-state index in [2.05, 4.69) is 32.7 Å². The number of fused-ring (bicyclic) bond motifs is 1. The summed E-state index contributed by atoms with van der Waals surface area (Å²) in [5.41, 5.74) is 1.13. The highest BCUT2D eigenvalue weighted by Gasteiger charge is 2.36. The molecule has 0 unspecified atom stereocenters. The smallest absolute Gasteiger partial charge is 0.283 e. The summed E-state index contributed by atoms with van der Waals surface area (Å²) < 4.78 is 31.8. The number of nitrogens with zero attached hydrogens (tertiary/aromatic N) is 3. The number of carbonyl (C=O) groups excluding carboxylic acids is 1. The van der Waals surface area contributed by atoms with E-state index in [1.54, 1.807) is 48.5 Å². The summed E-state index contributed by atoms with van der Waals surface area (Å²) in [5.74, 6) is 0.469. The molecule has 8 nitrogen and oxygen atoms in total. The molecule has 0 radical (unpaired) electrons. The molecule has 0 fully saturated rings. The predicted molar refractivity (Wildman–Crippen MR) is 144 cm³/mol. The number of amides is 1. The van der Waals surface area contributed by atoms with Gasteiger partial charge in [-0.05, 0) is 83.2 Å². The minimum absolute atomic E-state index is 0.0342. The zero-order chi connectivity index (χ0) is 25.2. The quantitative estimate of drug-likeness (QED) is 0.272. The van der Waals surface area contributed by atoms with Crippen molar-refractivity contribution >= 4 is 62.4 Å². The highest BCUT2D eigenvalue weighted by Crippen LogP contribution is 2.37. The van der Waals surface area contributed by atoms with Crippen molar-refractivity contribution in [1.29, 1.82) is 5.41 Å². The van der Waals surface area contributed by atoms with Gasteiger partial charge in [0.05, 0.1) is 22.0 Å². The summed E-state index contributed by atoms with van der Waals surface area (Å²) >= 11 is 3.27. The molecule has 0 aliphatic carbocycles. The fourth-order valence-corrected chi connectivity index (χ4v) is 5.14. The van der Waals surface area contributed by atoms with Crippen LogP contribution in [0.5, 0.6) is 11.5 Å². The van der Waals surface area contributed by atoms with Crippen molar-refractivity contribution in [2.75, 3.05) is 6.61 Å². The second kappa shape index (κ2) is 10.3. The average molecular weight is 616 g/mol. The number of thioether (sulfide) groups is 1. The number of benzene rings is 2. The monoisotopic (exact) mass is 616 g/mol. The van der Waals surface area contributed by atoms with E-state index in [1.807, 2.05) is 6.92 Å². The molecule has 36 heavy (non-hydrogen) atoms. The number of hydrazone groups is 1. The molecule has 0 atom stereocenters. The molecule has 0 bridgehead atoms. The third-order valence-corrected chi connectivity index (χ3v) is 6.88. The summed E-state index contributed by atoms with van der Waals surface area (Å²) in [5, 5.41) is 15.1. The molecule has 182 valence electrons. The van der Waals surface area contributed by atoms with Gasteiger partial charge in [-0.2, -0.15) is 15.1 Å². The van der Waals surface area contributed by atoms with Gasteiger partial charge >= 0.3 is 0 Å². The molecule has 2 aliphatic rings. The van der Waals surface area contributed by atoms with Crippen LogP contribution in [0.2, 0.25) is 0 Å². The van der Waals surface area contributed by atoms with Crippen LogP contribution in [-0.4, -0.2) is 33.6 Å². The topological polar surface area (TPSA) is 100 Å². The van der Waals surface area contributed by atoms with Crippen LogP contribution in [0.25, 0.3) is 6.08 Å². The molecule has 5 rings (SSSR count). The minimum atomic E-state index is -0.539. The molecule has 2 aromatic carbocycles. The molecule has 0 spiro atoms. The Labute approximate surface area is 223 Å². The highest BCUT2D eigenvalue weighted by atomic mass is 127. The van der Waals surface area contributed by atoms with Crippen LogP contribution in [0.4, 0.5) is 4.39 Å². The Morgan fingerprint density at radius 1 is 1.22 bits per heavy atom. The number of furan rings is 1.